The third kappa shape index (κ3) is 2.94. The molecule has 0 aliphatic rings. The van der Waals surface area contributed by atoms with Crippen LogP contribution in [0.2, 0.25) is 0 Å². The zero-order valence-electron chi connectivity index (χ0n) is 12.9. The zero-order valence-corrected chi connectivity index (χ0v) is 12.9. The van der Waals surface area contributed by atoms with Crippen molar-refractivity contribution in [1.29, 1.82) is 0 Å². The molecule has 0 radical (unpaired) electrons. The smallest absolute Gasteiger partial charge is 0.258 e. The Bertz CT molecular complexity index is 1060. The van der Waals surface area contributed by atoms with Crippen molar-refractivity contribution in [3.05, 3.63) is 78.4 Å². The van der Waals surface area contributed by atoms with Crippen LogP contribution in [0.4, 0.5) is 10.1 Å². The molecule has 0 spiro atoms. The first-order chi connectivity index (χ1) is 12.2. The van der Waals surface area contributed by atoms with Crippen LogP contribution in [0.25, 0.3) is 16.9 Å². The standard InChI is InChI=1S/C18H12FN5O/c19-15-4-2-1-3-14(15)18(25)21-13-7-5-12(6-8-13)16-9-10-17-22-20-11-24(17)23-16/h1-11H,(H,21,25). The molecule has 2 aromatic carbocycles. The van der Waals surface area contributed by atoms with E-state index in [1.165, 1.54) is 18.5 Å². The van der Waals surface area contributed by atoms with E-state index in [9.17, 15) is 9.18 Å². The molecule has 0 aliphatic heterocycles. The van der Waals surface area contributed by atoms with Gasteiger partial charge in [0.1, 0.15) is 12.1 Å². The maximum absolute atomic E-state index is 13.6. The second kappa shape index (κ2) is 6.12. The second-order valence-corrected chi connectivity index (χ2v) is 5.36. The van der Waals surface area contributed by atoms with Gasteiger partial charge < -0.3 is 5.32 Å². The summed E-state index contributed by atoms with van der Waals surface area (Å²) < 4.78 is 15.2. The molecule has 0 fully saturated rings. The van der Waals surface area contributed by atoms with Crippen LogP contribution in [0, 0.1) is 5.82 Å². The highest BCUT2D eigenvalue weighted by molar-refractivity contribution is 6.04. The molecule has 6 nitrogen and oxygen atoms in total. The molecular formula is C18H12FN5O. The molecule has 2 aromatic heterocycles. The number of rotatable bonds is 3. The fourth-order valence-corrected chi connectivity index (χ4v) is 2.45. The molecule has 0 bridgehead atoms. The molecule has 0 saturated heterocycles. The van der Waals surface area contributed by atoms with Crippen LogP contribution in [-0.2, 0) is 0 Å². The minimum Gasteiger partial charge on any atom is -0.322 e. The van der Waals surface area contributed by atoms with Gasteiger partial charge in [0, 0.05) is 11.3 Å². The van der Waals surface area contributed by atoms with Crippen molar-refractivity contribution in [1.82, 2.24) is 19.8 Å². The molecular weight excluding hydrogens is 321 g/mol. The molecule has 4 rings (SSSR count). The number of nitrogens with zero attached hydrogens (tertiary/aromatic N) is 4. The summed E-state index contributed by atoms with van der Waals surface area (Å²) in [5.74, 6) is -1.04. The largest absolute Gasteiger partial charge is 0.322 e. The summed E-state index contributed by atoms with van der Waals surface area (Å²) in [6, 6.07) is 16.7. The topological polar surface area (TPSA) is 72.2 Å². The third-order valence-electron chi connectivity index (χ3n) is 3.72. The Balaban J connectivity index is 1.55. The highest BCUT2D eigenvalue weighted by Crippen LogP contribution is 2.20. The lowest BCUT2D eigenvalue weighted by Crippen LogP contribution is -2.13. The Hall–Kier alpha value is -3.61. The molecule has 0 aliphatic carbocycles. The second-order valence-electron chi connectivity index (χ2n) is 5.36. The minimum absolute atomic E-state index is 0.00584. The van der Waals surface area contributed by atoms with Crippen molar-refractivity contribution in [2.75, 3.05) is 5.32 Å². The van der Waals surface area contributed by atoms with Gasteiger partial charge in [-0.25, -0.2) is 4.39 Å². The fourth-order valence-electron chi connectivity index (χ4n) is 2.45. The summed E-state index contributed by atoms with van der Waals surface area (Å²) in [6.45, 7) is 0. The van der Waals surface area contributed by atoms with Gasteiger partial charge in [0.2, 0.25) is 0 Å². The lowest BCUT2D eigenvalue weighted by atomic mass is 10.1. The van der Waals surface area contributed by atoms with Crippen molar-refractivity contribution in [3.8, 4) is 11.3 Å². The number of fused-ring (bicyclic) bond motifs is 1. The molecule has 1 amide bonds. The van der Waals surface area contributed by atoms with Crippen molar-refractivity contribution >= 4 is 17.2 Å². The summed E-state index contributed by atoms with van der Waals surface area (Å²) in [6.07, 6.45) is 1.53. The van der Waals surface area contributed by atoms with Gasteiger partial charge in [-0.2, -0.15) is 9.61 Å². The van der Waals surface area contributed by atoms with Crippen LogP contribution in [0.15, 0.2) is 67.0 Å². The van der Waals surface area contributed by atoms with E-state index < -0.39 is 11.7 Å². The molecule has 1 N–H and O–H groups in total. The van der Waals surface area contributed by atoms with E-state index in [-0.39, 0.29) is 5.56 Å². The average molecular weight is 333 g/mol. The molecule has 7 heteroatoms. The maximum atomic E-state index is 13.6. The van der Waals surface area contributed by atoms with Crippen LogP contribution < -0.4 is 5.32 Å². The molecule has 0 atom stereocenters. The van der Waals surface area contributed by atoms with Crippen LogP contribution >= 0.6 is 0 Å². The first-order valence-corrected chi connectivity index (χ1v) is 7.54. The van der Waals surface area contributed by atoms with Gasteiger partial charge in [-0.1, -0.05) is 24.3 Å². The number of halogens is 1. The number of nitrogens with one attached hydrogen (secondary N) is 1. The van der Waals surface area contributed by atoms with Crippen LogP contribution in [0.5, 0.6) is 0 Å². The van der Waals surface area contributed by atoms with Crippen molar-refractivity contribution < 1.29 is 9.18 Å². The Morgan fingerprint density at radius 1 is 1.00 bits per heavy atom. The first-order valence-electron chi connectivity index (χ1n) is 7.54. The van der Waals surface area contributed by atoms with Crippen LogP contribution in [-0.4, -0.2) is 25.7 Å². The SMILES string of the molecule is O=C(Nc1ccc(-c2ccc3nncn3n2)cc1)c1ccccc1F. The summed E-state index contributed by atoms with van der Waals surface area (Å²) in [5, 5.41) is 14.8. The first kappa shape index (κ1) is 14.9. The van der Waals surface area contributed by atoms with Crippen molar-refractivity contribution in [3.63, 3.8) is 0 Å². The Morgan fingerprint density at radius 2 is 1.80 bits per heavy atom. The lowest BCUT2D eigenvalue weighted by Gasteiger charge is -2.07. The van der Waals surface area contributed by atoms with E-state index in [0.29, 0.717) is 11.3 Å². The van der Waals surface area contributed by atoms with Gasteiger partial charge in [-0.15, -0.1) is 10.2 Å². The van der Waals surface area contributed by atoms with Gasteiger partial charge >= 0.3 is 0 Å². The molecule has 25 heavy (non-hydrogen) atoms. The average Bonchev–Trinajstić information content (AvgIpc) is 3.10. The normalized spacial score (nSPS) is 10.8. The van der Waals surface area contributed by atoms with Gasteiger partial charge in [-0.05, 0) is 36.4 Å². The number of benzene rings is 2. The highest BCUT2D eigenvalue weighted by Gasteiger charge is 2.11. The summed E-state index contributed by atoms with van der Waals surface area (Å²) in [4.78, 5) is 12.1. The number of anilines is 1. The minimum atomic E-state index is -0.553. The van der Waals surface area contributed by atoms with Gasteiger partial charge in [0.05, 0.1) is 11.3 Å². The highest BCUT2D eigenvalue weighted by atomic mass is 19.1. The third-order valence-corrected chi connectivity index (χ3v) is 3.72. The van der Waals surface area contributed by atoms with Gasteiger partial charge in [0.15, 0.2) is 5.65 Å². The lowest BCUT2D eigenvalue weighted by molar-refractivity contribution is 0.102. The monoisotopic (exact) mass is 333 g/mol. The van der Waals surface area contributed by atoms with Crippen molar-refractivity contribution in [2.24, 2.45) is 0 Å². The zero-order chi connectivity index (χ0) is 17.2. The summed E-state index contributed by atoms with van der Waals surface area (Å²) >= 11 is 0. The predicted octanol–water partition coefficient (Wildman–Crippen LogP) is 3.18. The number of aromatic nitrogens is 4. The van der Waals surface area contributed by atoms with Gasteiger partial charge in [0.25, 0.3) is 5.91 Å². The van der Waals surface area contributed by atoms with Crippen LogP contribution in [0.1, 0.15) is 10.4 Å². The molecule has 0 unspecified atom stereocenters. The number of hydrogen-bond donors (Lipinski definition) is 1. The summed E-state index contributed by atoms with van der Waals surface area (Å²) in [5.41, 5.74) is 2.87. The number of hydrogen-bond acceptors (Lipinski definition) is 4. The quantitative estimate of drug-likeness (QED) is 0.625. The number of carbonyl (C=O) groups excluding carboxylic acids is 1. The molecule has 4 aromatic rings. The molecule has 2 heterocycles. The number of carbonyl (C=O) groups is 1. The Labute approximate surface area is 142 Å². The van der Waals surface area contributed by atoms with E-state index in [1.807, 2.05) is 24.3 Å². The summed E-state index contributed by atoms with van der Waals surface area (Å²) in [7, 11) is 0. The van der Waals surface area contributed by atoms with E-state index in [1.54, 1.807) is 28.8 Å². The Morgan fingerprint density at radius 3 is 2.60 bits per heavy atom. The molecule has 0 saturated carbocycles. The van der Waals surface area contributed by atoms with Crippen LogP contribution in [0.3, 0.4) is 0 Å². The predicted molar refractivity (Wildman–Crippen MR) is 90.6 cm³/mol. The van der Waals surface area contributed by atoms with E-state index in [2.05, 4.69) is 20.6 Å². The number of amides is 1. The van der Waals surface area contributed by atoms with Crippen molar-refractivity contribution in [2.45, 2.75) is 0 Å². The van der Waals surface area contributed by atoms with E-state index >= 15 is 0 Å². The van der Waals surface area contributed by atoms with Gasteiger partial charge in [-0.3, -0.25) is 4.79 Å². The fraction of sp³-hybridized carbons (Fsp3) is 0. The maximum Gasteiger partial charge on any atom is 0.258 e. The molecule has 122 valence electrons. The van der Waals surface area contributed by atoms with E-state index in [4.69, 9.17) is 0 Å². The van der Waals surface area contributed by atoms with E-state index in [0.717, 1.165) is 11.3 Å². The Kier molecular flexibility index (Phi) is 3.66.